The summed E-state index contributed by atoms with van der Waals surface area (Å²) in [6.45, 7) is 6.36. The van der Waals surface area contributed by atoms with Gasteiger partial charge in [0.2, 0.25) is 0 Å². The van der Waals surface area contributed by atoms with Crippen molar-refractivity contribution >= 4 is 12.0 Å². The summed E-state index contributed by atoms with van der Waals surface area (Å²) in [4.78, 5) is 22.6. The first-order chi connectivity index (χ1) is 8.99. The van der Waals surface area contributed by atoms with E-state index in [0.29, 0.717) is 18.3 Å². The molecule has 0 aliphatic heterocycles. The molecule has 0 aromatic carbocycles. The number of carboxylic acid groups (broad SMARTS) is 1. The minimum absolute atomic E-state index is 0.190. The van der Waals surface area contributed by atoms with Crippen molar-refractivity contribution in [3.8, 4) is 0 Å². The van der Waals surface area contributed by atoms with Crippen LogP contribution in [0.1, 0.15) is 46.5 Å². The number of carboxylic acids is 1. The molecule has 2 amide bonds. The van der Waals surface area contributed by atoms with E-state index in [1.165, 1.54) is 0 Å². The Morgan fingerprint density at radius 1 is 1.32 bits per heavy atom. The molecule has 110 valence electrons. The minimum atomic E-state index is -0.858. The molecule has 0 saturated heterocycles. The molecule has 1 saturated carbocycles. The molecule has 4 unspecified atom stereocenters. The Hall–Kier alpha value is -1.26. The van der Waals surface area contributed by atoms with Gasteiger partial charge in [0.15, 0.2) is 0 Å². The first-order valence-electron chi connectivity index (χ1n) is 7.26. The van der Waals surface area contributed by atoms with E-state index in [-0.39, 0.29) is 18.6 Å². The maximum Gasteiger partial charge on any atom is 0.315 e. The predicted molar refractivity (Wildman–Crippen MR) is 73.9 cm³/mol. The second kappa shape index (κ2) is 7.36. The van der Waals surface area contributed by atoms with Crippen molar-refractivity contribution < 1.29 is 14.7 Å². The highest BCUT2D eigenvalue weighted by atomic mass is 16.4. The molecule has 5 nitrogen and oxygen atoms in total. The van der Waals surface area contributed by atoms with Gasteiger partial charge in [0.1, 0.15) is 0 Å². The van der Waals surface area contributed by atoms with Crippen LogP contribution in [0.2, 0.25) is 0 Å². The number of rotatable bonds is 6. The van der Waals surface area contributed by atoms with Crippen molar-refractivity contribution in [3.05, 3.63) is 0 Å². The van der Waals surface area contributed by atoms with Gasteiger partial charge in [-0.3, -0.25) is 4.79 Å². The minimum Gasteiger partial charge on any atom is -0.481 e. The number of carbonyl (C=O) groups excluding carboxylic acids is 1. The third-order valence-electron chi connectivity index (χ3n) is 4.42. The molecular weight excluding hydrogens is 244 g/mol. The quantitative estimate of drug-likeness (QED) is 0.692. The van der Waals surface area contributed by atoms with E-state index in [0.717, 1.165) is 19.3 Å². The third kappa shape index (κ3) is 4.40. The normalized spacial score (nSPS) is 27.8. The van der Waals surface area contributed by atoms with Gasteiger partial charge in [0.05, 0.1) is 5.92 Å². The zero-order valence-electron chi connectivity index (χ0n) is 12.1. The highest BCUT2D eigenvalue weighted by Gasteiger charge is 2.32. The van der Waals surface area contributed by atoms with E-state index >= 15 is 0 Å². The summed E-state index contributed by atoms with van der Waals surface area (Å²) in [5.74, 6) is -0.178. The molecule has 3 N–H and O–H groups in total. The fraction of sp³-hybridized carbons (Fsp3) is 0.857. The van der Waals surface area contributed by atoms with Crippen LogP contribution in [0.4, 0.5) is 4.79 Å². The van der Waals surface area contributed by atoms with E-state index in [9.17, 15) is 9.59 Å². The second-order valence-corrected chi connectivity index (χ2v) is 5.51. The van der Waals surface area contributed by atoms with Crippen LogP contribution in [-0.2, 0) is 4.79 Å². The monoisotopic (exact) mass is 270 g/mol. The lowest BCUT2D eigenvalue weighted by atomic mass is 9.93. The van der Waals surface area contributed by atoms with Crippen LogP contribution in [0, 0.1) is 17.8 Å². The van der Waals surface area contributed by atoms with Crippen LogP contribution in [0.15, 0.2) is 0 Å². The second-order valence-electron chi connectivity index (χ2n) is 5.51. The third-order valence-corrected chi connectivity index (χ3v) is 4.42. The maximum absolute atomic E-state index is 11.8. The van der Waals surface area contributed by atoms with E-state index < -0.39 is 11.9 Å². The van der Waals surface area contributed by atoms with Gasteiger partial charge in [0.25, 0.3) is 0 Å². The van der Waals surface area contributed by atoms with Gasteiger partial charge in [-0.05, 0) is 31.1 Å². The Balaban J connectivity index is 2.34. The zero-order valence-corrected chi connectivity index (χ0v) is 12.1. The number of aliphatic carboxylic acids is 1. The molecular formula is C14H26N2O3. The van der Waals surface area contributed by atoms with E-state index in [1.807, 2.05) is 6.92 Å². The lowest BCUT2D eigenvalue weighted by Crippen LogP contribution is -2.45. The molecule has 1 aliphatic carbocycles. The molecule has 0 aromatic rings. The Labute approximate surface area is 115 Å². The van der Waals surface area contributed by atoms with Crippen molar-refractivity contribution in [2.75, 3.05) is 6.54 Å². The lowest BCUT2D eigenvalue weighted by Gasteiger charge is -2.21. The number of carbonyl (C=O) groups is 2. The number of nitrogens with one attached hydrogen (secondary N) is 2. The molecule has 1 aliphatic rings. The van der Waals surface area contributed by atoms with Gasteiger partial charge in [0, 0.05) is 12.6 Å². The summed E-state index contributed by atoms with van der Waals surface area (Å²) in [6, 6.07) is -0.0249. The largest absolute Gasteiger partial charge is 0.481 e. The van der Waals surface area contributed by atoms with Gasteiger partial charge in [-0.2, -0.15) is 0 Å². The first kappa shape index (κ1) is 15.8. The Morgan fingerprint density at radius 2 is 2.00 bits per heavy atom. The summed E-state index contributed by atoms with van der Waals surface area (Å²) in [5, 5.41) is 14.5. The Kier molecular flexibility index (Phi) is 6.12. The molecule has 0 spiro atoms. The van der Waals surface area contributed by atoms with Crippen molar-refractivity contribution in [3.63, 3.8) is 0 Å². The number of hydrogen-bond donors (Lipinski definition) is 3. The fourth-order valence-electron chi connectivity index (χ4n) is 2.87. The zero-order chi connectivity index (χ0) is 14.4. The number of urea groups is 1. The molecule has 0 aromatic heterocycles. The van der Waals surface area contributed by atoms with Crippen LogP contribution in [0.5, 0.6) is 0 Å². The SMILES string of the molecule is CCC(CNC(=O)NC1CCC(CC)C1C)C(=O)O. The van der Waals surface area contributed by atoms with Crippen molar-refractivity contribution in [1.29, 1.82) is 0 Å². The maximum atomic E-state index is 11.8. The smallest absolute Gasteiger partial charge is 0.315 e. The van der Waals surface area contributed by atoms with Crippen LogP contribution < -0.4 is 10.6 Å². The molecule has 0 bridgehead atoms. The number of amides is 2. The summed E-state index contributed by atoms with van der Waals surface area (Å²) in [6.07, 6.45) is 3.85. The van der Waals surface area contributed by atoms with Gasteiger partial charge in [-0.25, -0.2) is 4.79 Å². The van der Waals surface area contributed by atoms with E-state index in [4.69, 9.17) is 5.11 Å². The summed E-state index contributed by atoms with van der Waals surface area (Å²) >= 11 is 0. The van der Waals surface area contributed by atoms with E-state index in [2.05, 4.69) is 24.5 Å². The van der Waals surface area contributed by atoms with E-state index in [1.54, 1.807) is 0 Å². The molecule has 0 radical (unpaired) electrons. The topological polar surface area (TPSA) is 78.4 Å². The molecule has 4 atom stereocenters. The highest BCUT2D eigenvalue weighted by molar-refractivity contribution is 5.76. The van der Waals surface area contributed by atoms with Crippen molar-refractivity contribution in [2.24, 2.45) is 17.8 Å². The Bertz CT molecular complexity index is 320. The average molecular weight is 270 g/mol. The summed E-state index contributed by atoms with van der Waals surface area (Å²) < 4.78 is 0. The highest BCUT2D eigenvalue weighted by Crippen LogP contribution is 2.33. The van der Waals surface area contributed by atoms with Crippen molar-refractivity contribution in [1.82, 2.24) is 10.6 Å². The van der Waals surface area contributed by atoms with Crippen LogP contribution >= 0.6 is 0 Å². The van der Waals surface area contributed by atoms with Crippen LogP contribution in [0.25, 0.3) is 0 Å². The van der Waals surface area contributed by atoms with Crippen LogP contribution in [-0.4, -0.2) is 29.7 Å². The summed E-state index contributed by atoms with van der Waals surface area (Å²) in [5.41, 5.74) is 0. The molecule has 1 rings (SSSR count). The fourth-order valence-corrected chi connectivity index (χ4v) is 2.87. The molecule has 1 fully saturated rings. The van der Waals surface area contributed by atoms with Gasteiger partial charge in [-0.15, -0.1) is 0 Å². The van der Waals surface area contributed by atoms with Crippen LogP contribution in [0.3, 0.4) is 0 Å². The van der Waals surface area contributed by atoms with Gasteiger partial charge >= 0.3 is 12.0 Å². The molecule has 5 heteroatoms. The lowest BCUT2D eigenvalue weighted by molar-refractivity contribution is -0.141. The van der Waals surface area contributed by atoms with Crippen molar-refractivity contribution in [2.45, 2.75) is 52.5 Å². The Morgan fingerprint density at radius 3 is 2.47 bits per heavy atom. The number of hydrogen-bond acceptors (Lipinski definition) is 2. The van der Waals surface area contributed by atoms with Gasteiger partial charge < -0.3 is 15.7 Å². The molecule has 19 heavy (non-hydrogen) atoms. The standard InChI is InChI=1S/C14H26N2O3/c1-4-10-6-7-12(9(10)3)16-14(19)15-8-11(5-2)13(17)18/h9-12H,4-8H2,1-3H3,(H,17,18)(H2,15,16,19). The first-order valence-corrected chi connectivity index (χ1v) is 7.26. The summed E-state index contributed by atoms with van der Waals surface area (Å²) in [7, 11) is 0. The molecule has 0 heterocycles. The predicted octanol–water partition coefficient (Wildman–Crippen LogP) is 2.22. The average Bonchev–Trinajstić information content (AvgIpc) is 2.71. The van der Waals surface area contributed by atoms with Gasteiger partial charge in [-0.1, -0.05) is 27.2 Å².